The number of aliphatic hydroxyl groups excluding tert-OH is 1. The molecule has 0 heterocycles. The second-order valence-corrected chi connectivity index (χ2v) is 4.43. The molecule has 1 aromatic rings. The first kappa shape index (κ1) is 16.7. The van der Waals surface area contributed by atoms with Gasteiger partial charge in [0.15, 0.2) is 0 Å². The third-order valence-corrected chi connectivity index (χ3v) is 2.99. The van der Waals surface area contributed by atoms with Crippen LogP contribution in [0, 0.1) is 0 Å². The number of benzene rings is 1. The van der Waals surface area contributed by atoms with Crippen molar-refractivity contribution in [3.63, 3.8) is 0 Å². The summed E-state index contributed by atoms with van der Waals surface area (Å²) in [6.45, 7) is 0.453. The highest BCUT2D eigenvalue weighted by atomic mass is 35.5. The first-order valence-corrected chi connectivity index (χ1v) is 6.53. The summed E-state index contributed by atoms with van der Waals surface area (Å²) in [7, 11) is 0. The van der Waals surface area contributed by atoms with Crippen LogP contribution in [0.3, 0.4) is 0 Å². The Kier molecular flexibility index (Phi) is 7.32. The quantitative estimate of drug-likeness (QED) is 0.540. The molecule has 0 saturated heterocycles. The minimum absolute atomic E-state index is 0.0955. The lowest BCUT2D eigenvalue weighted by Gasteiger charge is -2.08. The van der Waals surface area contributed by atoms with Crippen LogP contribution in [0.2, 0.25) is 10.0 Å². The molecule has 0 saturated carbocycles. The number of hydrogen-bond acceptors (Lipinski definition) is 4. The summed E-state index contributed by atoms with van der Waals surface area (Å²) in [6.07, 6.45) is 0. The van der Waals surface area contributed by atoms with Crippen LogP contribution in [0.4, 0.5) is 5.69 Å². The topological polar surface area (TPSA) is 87.7 Å². The summed E-state index contributed by atoms with van der Waals surface area (Å²) in [6, 6.07) is 4.70. The van der Waals surface area contributed by atoms with E-state index in [1.807, 2.05) is 0 Å². The molecular formula is C12H14Cl2N2O4. The molecule has 8 heteroatoms. The molecule has 1 rings (SSSR count). The summed E-state index contributed by atoms with van der Waals surface area (Å²) in [5.74, 6) is -1.66. The normalized spacial score (nSPS) is 10.2. The van der Waals surface area contributed by atoms with Crippen LogP contribution < -0.4 is 10.6 Å². The van der Waals surface area contributed by atoms with Crippen LogP contribution in [-0.2, 0) is 14.3 Å². The van der Waals surface area contributed by atoms with Gasteiger partial charge in [-0.3, -0.25) is 9.59 Å². The Morgan fingerprint density at radius 2 is 1.95 bits per heavy atom. The fourth-order valence-corrected chi connectivity index (χ4v) is 1.61. The molecule has 2 amide bonds. The number of nitrogens with one attached hydrogen (secondary N) is 2. The summed E-state index contributed by atoms with van der Waals surface area (Å²) in [5.41, 5.74) is 0.260. The fraction of sp³-hybridized carbons (Fsp3) is 0.333. The zero-order valence-corrected chi connectivity index (χ0v) is 12.0. The molecular weight excluding hydrogens is 307 g/mol. The van der Waals surface area contributed by atoms with E-state index in [1.54, 1.807) is 12.1 Å². The number of carbonyl (C=O) groups is 2. The lowest BCUT2D eigenvalue weighted by Crippen LogP contribution is -2.37. The smallest absolute Gasteiger partial charge is 0.313 e. The van der Waals surface area contributed by atoms with Crippen molar-refractivity contribution < 1.29 is 19.4 Å². The first-order valence-electron chi connectivity index (χ1n) is 5.78. The van der Waals surface area contributed by atoms with Gasteiger partial charge in [-0.05, 0) is 12.1 Å². The maximum Gasteiger partial charge on any atom is 0.313 e. The third-order valence-electron chi connectivity index (χ3n) is 2.17. The lowest BCUT2D eigenvalue weighted by atomic mass is 10.3. The average Bonchev–Trinajstić information content (AvgIpc) is 2.43. The van der Waals surface area contributed by atoms with Gasteiger partial charge in [0.2, 0.25) is 0 Å². The minimum Gasteiger partial charge on any atom is -0.394 e. The van der Waals surface area contributed by atoms with Crippen LogP contribution in [-0.4, -0.2) is 43.3 Å². The predicted octanol–water partition coefficient (Wildman–Crippen LogP) is 1.06. The van der Waals surface area contributed by atoms with Gasteiger partial charge >= 0.3 is 11.8 Å². The summed E-state index contributed by atoms with van der Waals surface area (Å²) in [4.78, 5) is 23.1. The molecule has 0 aliphatic carbocycles. The van der Waals surface area contributed by atoms with Gasteiger partial charge < -0.3 is 20.5 Å². The number of halogens is 2. The third kappa shape index (κ3) is 5.34. The standard InChI is InChI=1S/C12H14Cl2N2O4/c13-8-2-1-3-9(10(8)14)16-12(19)11(18)15-4-6-20-7-5-17/h1-3,17H,4-7H2,(H,15,18)(H,16,19). The van der Waals surface area contributed by atoms with Gasteiger partial charge in [0.1, 0.15) is 0 Å². The van der Waals surface area contributed by atoms with Gasteiger partial charge in [-0.25, -0.2) is 0 Å². The van der Waals surface area contributed by atoms with Crippen molar-refractivity contribution in [2.75, 3.05) is 31.7 Å². The van der Waals surface area contributed by atoms with Crippen LogP contribution in [0.5, 0.6) is 0 Å². The Morgan fingerprint density at radius 3 is 2.65 bits per heavy atom. The number of carbonyl (C=O) groups excluding carboxylic acids is 2. The molecule has 0 atom stereocenters. The van der Waals surface area contributed by atoms with Crippen molar-refractivity contribution in [2.45, 2.75) is 0 Å². The zero-order valence-electron chi connectivity index (χ0n) is 10.5. The van der Waals surface area contributed by atoms with Gasteiger partial charge in [0.05, 0.1) is 35.6 Å². The van der Waals surface area contributed by atoms with E-state index in [4.69, 9.17) is 33.0 Å². The van der Waals surface area contributed by atoms with Crippen molar-refractivity contribution in [3.05, 3.63) is 28.2 Å². The van der Waals surface area contributed by atoms with Gasteiger partial charge in [0.25, 0.3) is 0 Å². The first-order chi connectivity index (χ1) is 9.56. The van der Waals surface area contributed by atoms with Crippen molar-refractivity contribution in [2.24, 2.45) is 0 Å². The van der Waals surface area contributed by atoms with Crippen molar-refractivity contribution in [1.29, 1.82) is 0 Å². The van der Waals surface area contributed by atoms with Gasteiger partial charge in [-0.2, -0.15) is 0 Å². The SMILES string of the molecule is O=C(NCCOCCO)C(=O)Nc1cccc(Cl)c1Cl. The summed E-state index contributed by atoms with van der Waals surface area (Å²) < 4.78 is 4.93. The Balaban J connectivity index is 2.42. The molecule has 3 N–H and O–H groups in total. The Labute approximate surface area is 126 Å². The monoisotopic (exact) mass is 320 g/mol. The van der Waals surface area contributed by atoms with E-state index in [1.165, 1.54) is 6.07 Å². The number of hydrogen-bond donors (Lipinski definition) is 3. The van der Waals surface area contributed by atoms with Crippen molar-refractivity contribution in [1.82, 2.24) is 5.32 Å². The number of amides is 2. The van der Waals surface area contributed by atoms with Gasteiger partial charge in [-0.1, -0.05) is 29.3 Å². The van der Waals surface area contributed by atoms with Crippen LogP contribution >= 0.6 is 23.2 Å². The molecule has 0 radical (unpaired) electrons. The van der Waals surface area contributed by atoms with Crippen molar-refractivity contribution in [3.8, 4) is 0 Å². The average molecular weight is 321 g/mol. The largest absolute Gasteiger partial charge is 0.394 e. The van der Waals surface area contributed by atoms with Crippen LogP contribution in [0.25, 0.3) is 0 Å². The van der Waals surface area contributed by atoms with E-state index in [0.717, 1.165) is 0 Å². The Morgan fingerprint density at radius 1 is 1.20 bits per heavy atom. The number of ether oxygens (including phenoxy) is 1. The molecule has 20 heavy (non-hydrogen) atoms. The number of aliphatic hydroxyl groups is 1. The van der Waals surface area contributed by atoms with Crippen molar-refractivity contribution >= 4 is 40.7 Å². The van der Waals surface area contributed by atoms with Gasteiger partial charge in [-0.15, -0.1) is 0 Å². The maximum absolute atomic E-state index is 11.6. The van der Waals surface area contributed by atoms with E-state index < -0.39 is 11.8 Å². The molecule has 1 aromatic carbocycles. The molecule has 0 aliphatic rings. The second-order valence-electron chi connectivity index (χ2n) is 3.65. The maximum atomic E-state index is 11.6. The van der Waals surface area contributed by atoms with Crippen LogP contribution in [0.1, 0.15) is 0 Å². The molecule has 0 bridgehead atoms. The van der Waals surface area contributed by atoms with E-state index >= 15 is 0 Å². The Bertz CT molecular complexity index is 483. The number of anilines is 1. The van der Waals surface area contributed by atoms with E-state index in [-0.39, 0.29) is 42.1 Å². The highest BCUT2D eigenvalue weighted by Crippen LogP contribution is 2.29. The fourth-order valence-electron chi connectivity index (χ4n) is 1.26. The van der Waals surface area contributed by atoms with E-state index in [9.17, 15) is 9.59 Å². The highest BCUT2D eigenvalue weighted by Gasteiger charge is 2.15. The van der Waals surface area contributed by atoms with E-state index in [2.05, 4.69) is 10.6 Å². The second kappa shape index (κ2) is 8.76. The molecule has 0 aromatic heterocycles. The molecule has 0 unspecified atom stereocenters. The molecule has 0 spiro atoms. The summed E-state index contributed by atoms with van der Waals surface area (Å²) in [5, 5.41) is 13.6. The zero-order chi connectivity index (χ0) is 15.0. The Hall–Kier alpha value is -1.34. The number of rotatable bonds is 6. The molecule has 110 valence electrons. The van der Waals surface area contributed by atoms with Crippen LogP contribution in [0.15, 0.2) is 18.2 Å². The predicted molar refractivity (Wildman–Crippen MR) is 76.0 cm³/mol. The lowest BCUT2D eigenvalue weighted by molar-refractivity contribution is -0.136. The molecule has 0 fully saturated rings. The van der Waals surface area contributed by atoms with E-state index in [0.29, 0.717) is 0 Å². The highest BCUT2D eigenvalue weighted by molar-refractivity contribution is 6.45. The molecule has 6 nitrogen and oxygen atoms in total. The molecule has 0 aliphatic heterocycles. The minimum atomic E-state index is -0.851. The van der Waals surface area contributed by atoms with Gasteiger partial charge in [0, 0.05) is 6.54 Å². The summed E-state index contributed by atoms with van der Waals surface area (Å²) >= 11 is 11.7.